The first-order valence-corrected chi connectivity index (χ1v) is 9.55. The second-order valence-electron chi connectivity index (χ2n) is 6.38. The number of carbonyl (C=O) groups excluding carboxylic acids is 1. The highest BCUT2D eigenvalue weighted by atomic mass is 35.5. The van der Waals surface area contributed by atoms with E-state index in [4.69, 9.17) is 27.9 Å². The molecule has 3 aromatic rings. The third kappa shape index (κ3) is 3.26. The van der Waals surface area contributed by atoms with Crippen LogP contribution in [0.2, 0.25) is 5.02 Å². The maximum atomic E-state index is 14.6. The van der Waals surface area contributed by atoms with Gasteiger partial charge in [-0.15, -0.1) is 11.6 Å². The highest BCUT2D eigenvalue weighted by Crippen LogP contribution is 2.40. The third-order valence-electron chi connectivity index (χ3n) is 4.83. The minimum Gasteiger partial charge on any atom is -0.448 e. The second-order valence-corrected chi connectivity index (χ2v) is 7.19. The average Bonchev–Trinajstić information content (AvgIpc) is 3.04. The number of aromatic amines is 1. The maximum Gasteiger partial charge on any atom is 0.410 e. The summed E-state index contributed by atoms with van der Waals surface area (Å²) in [4.78, 5) is 17.5. The van der Waals surface area contributed by atoms with Crippen molar-refractivity contribution in [1.29, 1.82) is 0 Å². The van der Waals surface area contributed by atoms with Gasteiger partial charge in [-0.3, -0.25) is 4.90 Å². The van der Waals surface area contributed by atoms with Crippen LogP contribution in [0.3, 0.4) is 0 Å². The van der Waals surface area contributed by atoms with Crippen LogP contribution in [0.4, 0.5) is 9.18 Å². The molecule has 4 rings (SSSR count). The molecular formula is C20H17Cl2FN2O2. The molecule has 1 N–H and O–H groups in total. The Morgan fingerprint density at radius 3 is 2.89 bits per heavy atom. The van der Waals surface area contributed by atoms with Crippen LogP contribution in [-0.2, 0) is 11.2 Å². The first-order valence-electron chi connectivity index (χ1n) is 8.64. The fraction of sp³-hybridized carbons (Fsp3) is 0.250. The number of H-pyrrole nitrogens is 1. The number of benzene rings is 2. The molecule has 1 aromatic heterocycles. The van der Waals surface area contributed by atoms with Crippen LogP contribution in [0.1, 0.15) is 22.9 Å². The fourth-order valence-electron chi connectivity index (χ4n) is 3.69. The Labute approximate surface area is 165 Å². The molecule has 0 saturated heterocycles. The molecular weight excluding hydrogens is 390 g/mol. The fourth-order valence-corrected chi connectivity index (χ4v) is 3.94. The SMILES string of the molecule is O=C(OCCCl)N1CCc2c([nH]c3ccc(Cl)cc23)C1c1ccccc1F. The summed E-state index contributed by atoms with van der Waals surface area (Å²) in [5, 5.41) is 1.63. The van der Waals surface area contributed by atoms with Crippen molar-refractivity contribution in [2.45, 2.75) is 12.5 Å². The van der Waals surface area contributed by atoms with Crippen LogP contribution in [0.5, 0.6) is 0 Å². The van der Waals surface area contributed by atoms with Crippen LogP contribution >= 0.6 is 23.2 Å². The number of nitrogens with one attached hydrogen (secondary N) is 1. The smallest absolute Gasteiger partial charge is 0.410 e. The maximum absolute atomic E-state index is 14.6. The molecule has 7 heteroatoms. The van der Waals surface area contributed by atoms with Gasteiger partial charge in [0.2, 0.25) is 0 Å². The normalized spacial score (nSPS) is 16.4. The van der Waals surface area contributed by atoms with E-state index in [1.54, 1.807) is 29.2 Å². The number of alkyl halides is 1. The van der Waals surface area contributed by atoms with Gasteiger partial charge in [-0.1, -0.05) is 29.8 Å². The van der Waals surface area contributed by atoms with Gasteiger partial charge in [-0.25, -0.2) is 9.18 Å². The number of amides is 1. The Morgan fingerprint density at radius 1 is 1.30 bits per heavy atom. The molecule has 140 valence electrons. The van der Waals surface area contributed by atoms with Gasteiger partial charge in [0.25, 0.3) is 0 Å². The topological polar surface area (TPSA) is 45.3 Å². The number of ether oxygens (including phenoxy) is 1. The van der Waals surface area contributed by atoms with Crippen molar-refractivity contribution in [1.82, 2.24) is 9.88 Å². The number of carbonyl (C=O) groups is 1. The largest absolute Gasteiger partial charge is 0.448 e. The molecule has 1 aliphatic rings. The Balaban J connectivity index is 1.86. The molecule has 0 spiro atoms. The summed E-state index contributed by atoms with van der Waals surface area (Å²) in [5.41, 5.74) is 3.15. The molecule has 1 unspecified atom stereocenters. The Bertz CT molecular complexity index is 1000. The lowest BCUT2D eigenvalue weighted by molar-refractivity contribution is 0.0931. The van der Waals surface area contributed by atoms with Gasteiger partial charge in [0.15, 0.2) is 0 Å². The number of halogens is 3. The molecule has 1 amide bonds. The van der Waals surface area contributed by atoms with Crippen LogP contribution in [-0.4, -0.2) is 35.0 Å². The van der Waals surface area contributed by atoms with Gasteiger partial charge >= 0.3 is 6.09 Å². The van der Waals surface area contributed by atoms with E-state index in [9.17, 15) is 9.18 Å². The molecule has 1 aliphatic heterocycles. The zero-order valence-corrected chi connectivity index (χ0v) is 15.9. The van der Waals surface area contributed by atoms with Gasteiger partial charge in [-0.05, 0) is 36.2 Å². The molecule has 0 aliphatic carbocycles. The Morgan fingerprint density at radius 2 is 2.11 bits per heavy atom. The second kappa shape index (κ2) is 7.41. The summed E-state index contributed by atoms with van der Waals surface area (Å²) in [7, 11) is 0. The molecule has 1 atom stereocenters. The Hall–Kier alpha value is -2.24. The van der Waals surface area contributed by atoms with Crippen molar-refractivity contribution in [2.24, 2.45) is 0 Å². The highest BCUT2D eigenvalue weighted by molar-refractivity contribution is 6.31. The van der Waals surface area contributed by atoms with E-state index < -0.39 is 12.1 Å². The summed E-state index contributed by atoms with van der Waals surface area (Å²) in [6.45, 7) is 0.517. The van der Waals surface area contributed by atoms with Crippen molar-refractivity contribution in [3.05, 3.63) is 70.1 Å². The summed E-state index contributed by atoms with van der Waals surface area (Å²) >= 11 is 11.8. The zero-order chi connectivity index (χ0) is 19.0. The first kappa shape index (κ1) is 18.1. The van der Waals surface area contributed by atoms with Crippen molar-refractivity contribution < 1.29 is 13.9 Å². The van der Waals surface area contributed by atoms with E-state index >= 15 is 0 Å². The van der Waals surface area contributed by atoms with E-state index in [1.807, 2.05) is 12.1 Å². The minimum atomic E-state index is -0.607. The third-order valence-corrected chi connectivity index (χ3v) is 5.22. The monoisotopic (exact) mass is 406 g/mol. The van der Waals surface area contributed by atoms with E-state index in [2.05, 4.69) is 4.98 Å². The summed E-state index contributed by atoms with van der Waals surface area (Å²) in [5.74, 6) is -0.165. The highest BCUT2D eigenvalue weighted by Gasteiger charge is 2.36. The van der Waals surface area contributed by atoms with Crippen LogP contribution < -0.4 is 0 Å². The lowest BCUT2D eigenvalue weighted by Crippen LogP contribution is -2.41. The lowest BCUT2D eigenvalue weighted by atomic mass is 9.92. The zero-order valence-electron chi connectivity index (χ0n) is 14.3. The molecule has 0 saturated carbocycles. The van der Waals surface area contributed by atoms with Gasteiger partial charge in [0, 0.05) is 33.7 Å². The molecule has 0 radical (unpaired) electrons. The van der Waals surface area contributed by atoms with Crippen molar-refractivity contribution in [3.63, 3.8) is 0 Å². The summed E-state index contributed by atoms with van der Waals surface area (Å²) < 4.78 is 19.9. The number of aromatic nitrogens is 1. The molecule has 0 bridgehead atoms. The van der Waals surface area contributed by atoms with Crippen molar-refractivity contribution >= 4 is 40.2 Å². The molecule has 2 aromatic carbocycles. The van der Waals surface area contributed by atoms with Gasteiger partial charge in [0.1, 0.15) is 18.5 Å². The molecule has 27 heavy (non-hydrogen) atoms. The quantitative estimate of drug-likeness (QED) is 0.601. The lowest BCUT2D eigenvalue weighted by Gasteiger charge is -2.35. The number of hydrogen-bond donors (Lipinski definition) is 1. The summed E-state index contributed by atoms with van der Waals surface area (Å²) in [6.07, 6.45) is 0.114. The molecule has 2 heterocycles. The van der Waals surface area contributed by atoms with Gasteiger partial charge in [0.05, 0.1) is 5.88 Å². The Kier molecular flexibility index (Phi) is 4.98. The number of rotatable bonds is 3. The van der Waals surface area contributed by atoms with Crippen LogP contribution in [0.25, 0.3) is 10.9 Å². The first-order chi connectivity index (χ1) is 13.1. The van der Waals surface area contributed by atoms with Crippen molar-refractivity contribution in [2.75, 3.05) is 19.0 Å². The predicted octanol–water partition coefficient (Wildman–Crippen LogP) is 5.28. The molecule has 0 fully saturated rings. The standard InChI is InChI=1S/C20H17Cl2FN2O2/c21-8-10-27-20(26)25-9-7-13-15-11-12(22)5-6-17(15)24-18(13)19(25)14-3-1-2-4-16(14)23/h1-6,11,19,24H,7-10H2. The van der Waals surface area contributed by atoms with Crippen LogP contribution in [0, 0.1) is 5.82 Å². The predicted molar refractivity (Wildman–Crippen MR) is 104 cm³/mol. The van der Waals surface area contributed by atoms with Gasteiger partial charge < -0.3 is 9.72 Å². The van der Waals surface area contributed by atoms with E-state index in [0.717, 1.165) is 22.2 Å². The minimum absolute atomic E-state index is 0.107. The van der Waals surface area contributed by atoms with E-state index in [1.165, 1.54) is 6.07 Å². The number of hydrogen-bond acceptors (Lipinski definition) is 2. The molecule has 4 nitrogen and oxygen atoms in total. The number of fused-ring (bicyclic) bond motifs is 3. The van der Waals surface area contributed by atoms with Gasteiger partial charge in [-0.2, -0.15) is 0 Å². The number of nitrogens with zero attached hydrogens (tertiary/aromatic N) is 1. The van der Waals surface area contributed by atoms with Crippen LogP contribution in [0.15, 0.2) is 42.5 Å². The average molecular weight is 407 g/mol. The summed E-state index contributed by atoms with van der Waals surface area (Å²) in [6, 6.07) is 11.5. The van der Waals surface area contributed by atoms with E-state index in [0.29, 0.717) is 23.6 Å². The van der Waals surface area contributed by atoms with E-state index in [-0.39, 0.29) is 18.3 Å². The van der Waals surface area contributed by atoms with Crippen molar-refractivity contribution in [3.8, 4) is 0 Å².